The second-order valence-corrected chi connectivity index (χ2v) is 7.52. The average Bonchev–Trinajstić information content (AvgIpc) is 2.91. The molecule has 26 heavy (non-hydrogen) atoms. The number of nitrogens with zero attached hydrogens (tertiary/aromatic N) is 2. The Hall–Kier alpha value is -2.22. The largest absolute Gasteiger partial charge is 0.324 e. The van der Waals surface area contributed by atoms with Gasteiger partial charge in [0.15, 0.2) is 0 Å². The van der Waals surface area contributed by atoms with Crippen LogP contribution in [0.2, 0.25) is 0 Å². The number of carbonyl (C=O) groups is 3. The van der Waals surface area contributed by atoms with Crippen LogP contribution in [0.3, 0.4) is 0 Å². The zero-order chi connectivity index (χ0) is 18.8. The van der Waals surface area contributed by atoms with Gasteiger partial charge in [-0.2, -0.15) is 0 Å². The Balaban J connectivity index is 1.91. The Kier molecular flexibility index (Phi) is 5.41. The predicted octanol–water partition coefficient (Wildman–Crippen LogP) is 3.53. The molecule has 1 aliphatic rings. The molecule has 3 rings (SSSR count). The third kappa shape index (κ3) is 3.51. The number of benzene rings is 2. The maximum atomic E-state index is 13.0. The Labute approximate surface area is 166 Å². The second-order valence-electron chi connectivity index (χ2n) is 6.28. The lowest BCUT2D eigenvalue weighted by molar-refractivity contribution is -0.139. The molecule has 0 aromatic heterocycles. The van der Waals surface area contributed by atoms with Crippen LogP contribution in [0, 0.1) is 3.57 Å². The molecule has 0 N–H and O–H groups in total. The van der Waals surface area contributed by atoms with Crippen molar-refractivity contribution in [3.8, 4) is 0 Å². The number of rotatable bonds is 4. The molecule has 134 valence electrons. The summed E-state index contributed by atoms with van der Waals surface area (Å²) < 4.78 is 1.02. The minimum Gasteiger partial charge on any atom is -0.324 e. The number of carbonyl (C=O) groups excluding carboxylic acids is 3. The number of amides is 3. The zero-order valence-corrected chi connectivity index (χ0v) is 16.7. The maximum absolute atomic E-state index is 13.0. The summed E-state index contributed by atoms with van der Waals surface area (Å²) in [5, 5.41) is 0. The van der Waals surface area contributed by atoms with Gasteiger partial charge in [-0.1, -0.05) is 30.3 Å². The Bertz CT molecular complexity index is 836. The summed E-state index contributed by atoms with van der Waals surface area (Å²) >= 11 is 2.17. The van der Waals surface area contributed by atoms with Crippen molar-refractivity contribution in [3.05, 3.63) is 63.7 Å². The number of halogens is 1. The van der Waals surface area contributed by atoms with Gasteiger partial charge < -0.3 is 4.90 Å². The van der Waals surface area contributed by atoms with E-state index in [9.17, 15) is 14.4 Å². The molecule has 1 aliphatic heterocycles. The topological polar surface area (TPSA) is 57.7 Å². The first kappa shape index (κ1) is 18.6. The molecule has 5 nitrogen and oxygen atoms in total. The van der Waals surface area contributed by atoms with Crippen LogP contribution < -0.4 is 4.90 Å². The highest BCUT2D eigenvalue weighted by Gasteiger charge is 2.45. The zero-order valence-electron chi connectivity index (χ0n) is 14.6. The van der Waals surface area contributed by atoms with E-state index in [0.717, 1.165) is 9.13 Å². The monoisotopic (exact) mass is 462 g/mol. The number of hydrogen-bond donors (Lipinski definition) is 0. The van der Waals surface area contributed by atoms with Crippen molar-refractivity contribution in [2.24, 2.45) is 0 Å². The molecule has 1 heterocycles. The van der Waals surface area contributed by atoms with Gasteiger partial charge in [-0.3, -0.25) is 14.4 Å². The Morgan fingerprint density at radius 3 is 2.31 bits per heavy atom. The molecule has 2 aromatic rings. The third-order valence-electron chi connectivity index (χ3n) is 4.61. The van der Waals surface area contributed by atoms with E-state index >= 15 is 0 Å². The summed E-state index contributed by atoms with van der Waals surface area (Å²) in [5.74, 6) is -0.862. The summed E-state index contributed by atoms with van der Waals surface area (Å²) in [5.41, 5.74) is 1.47. The molecule has 0 aliphatic carbocycles. The molecule has 3 amide bonds. The van der Waals surface area contributed by atoms with Crippen LogP contribution in [0.1, 0.15) is 31.9 Å². The lowest BCUT2D eigenvalue weighted by Gasteiger charge is -2.32. The fourth-order valence-electron chi connectivity index (χ4n) is 3.35. The lowest BCUT2D eigenvalue weighted by Crippen LogP contribution is -2.45. The van der Waals surface area contributed by atoms with Crippen molar-refractivity contribution in [2.45, 2.75) is 32.4 Å². The van der Waals surface area contributed by atoms with Crippen molar-refractivity contribution in [1.82, 2.24) is 4.90 Å². The lowest BCUT2D eigenvalue weighted by atomic mass is 10.0. The van der Waals surface area contributed by atoms with Gasteiger partial charge in [-0.15, -0.1) is 0 Å². The molecule has 0 saturated carbocycles. The standard InChI is InChI=1S/C20H19IN2O3/c1-13(15-6-4-3-5-7-15)22(14(2)24)18-12-19(25)23(20(18)26)17-10-8-16(21)9-11-17/h3-11,13,18H,12H2,1-2H3. The molecule has 0 spiro atoms. The summed E-state index contributed by atoms with van der Waals surface area (Å²) in [6, 6.07) is 15.6. The van der Waals surface area contributed by atoms with Gasteiger partial charge in [0, 0.05) is 10.5 Å². The van der Waals surface area contributed by atoms with E-state index in [4.69, 9.17) is 0 Å². The van der Waals surface area contributed by atoms with Crippen molar-refractivity contribution >= 4 is 46.0 Å². The maximum Gasteiger partial charge on any atom is 0.257 e. The number of hydrogen-bond acceptors (Lipinski definition) is 3. The molecule has 2 atom stereocenters. The SMILES string of the molecule is CC(=O)N(C1CC(=O)N(c2ccc(I)cc2)C1=O)C(C)c1ccccc1. The predicted molar refractivity (Wildman–Crippen MR) is 107 cm³/mol. The molecular weight excluding hydrogens is 443 g/mol. The minimum absolute atomic E-state index is 0.00156. The minimum atomic E-state index is -0.783. The highest BCUT2D eigenvalue weighted by Crippen LogP contribution is 2.31. The molecule has 1 saturated heterocycles. The Morgan fingerprint density at radius 1 is 1.12 bits per heavy atom. The van der Waals surface area contributed by atoms with E-state index in [1.807, 2.05) is 49.4 Å². The highest BCUT2D eigenvalue weighted by atomic mass is 127. The van der Waals surface area contributed by atoms with Crippen molar-refractivity contribution in [1.29, 1.82) is 0 Å². The molecule has 2 unspecified atom stereocenters. The van der Waals surface area contributed by atoms with Crippen molar-refractivity contribution in [2.75, 3.05) is 4.90 Å². The fraction of sp³-hybridized carbons (Fsp3) is 0.250. The van der Waals surface area contributed by atoms with Crippen LogP contribution in [0.25, 0.3) is 0 Å². The highest BCUT2D eigenvalue weighted by molar-refractivity contribution is 14.1. The summed E-state index contributed by atoms with van der Waals surface area (Å²) in [6.45, 7) is 3.31. The van der Waals surface area contributed by atoms with Crippen LogP contribution in [-0.2, 0) is 14.4 Å². The van der Waals surface area contributed by atoms with Crippen molar-refractivity contribution < 1.29 is 14.4 Å². The van der Waals surface area contributed by atoms with Crippen LogP contribution in [-0.4, -0.2) is 28.7 Å². The molecular formula is C20H19IN2O3. The van der Waals surface area contributed by atoms with E-state index < -0.39 is 6.04 Å². The normalized spacial score (nSPS) is 18.1. The van der Waals surface area contributed by atoms with Crippen LogP contribution >= 0.6 is 22.6 Å². The second kappa shape index (κ2) is 7.57. The van der Waals surface area contributed by atoms with Gasteiger partial charge >= 0.3 is 0 Å². The fourth-order valence-corrected chi connectivity index (χ4v) is 3.71. The Morgan fingerprint density at radius 2 is 1.73 bits per heavy atom. The molecule has 0 bridgehead atoms. The van der Waals surface area contributed by atoms with E-state index in [1.165, 1.54) is 16.7 Å². The molecule has 1 fully saturated rings. The van der Waals surface area contributed by atoms with Crippen LogP contribution in [0.5, 0.6) is 0 Å². The van der Waals surface area contributed by atoms with Gasteiger partial charge in [0.1, 0.15) is 6.04 Å². The van der Waals surface area contributed by atoms with Gasteiger partial charge in [0.25, 0.3) is 5.91 Å². The van der Waals surface area contributed by atoms with E-state index in [0.29, 0.717) is 5.69 Å². The van der Waals surface area contributed by atoms with Crippen molar-refractivity contribution in [3.63, 3.8) is 0 Å². The van der Waals surface area contributed by atoms with Gasteiger partial charge in [0.05, 0.1) is 18.2 Å². The summed E-state index contributed by atoms with van der Waals surface area (Å²) in [7, 11) is 0. The summed E-state index contributed by atoms with van der Waals surface area (Å²) in [6.07, 6.45) is 0.00156. The summed E-state index contributed by atoms with van der Waals surface area (Å²) in [4.78, 5) is 40.6. The number of anilines is 1. The number of imide groups is 1. The van der Waals surface area contributed by atoms with E-state index in [1.54, 1.807) is 12.1 Å². The van der Waals surface area contributed by atoms with E-state index in [-0.39, 0.29) is 30.2 Å². The van der Waals surface area contributed by atoms with Crippen LogP contribution in [0.15, 0.2) is 54.6 Å². The van der Waals surface area contributed by atoms with Gasteiger partial charge in [-0.05, 0) is 59.3 Å². The first-order chi connectivity index (χ1) is 12.4. The van der Waals surface area contributed by atoms with Gasteiger partial charge in [0.2, 0.25) is 11.8 Å². The molecule has 0 radical (unpaired) electrons. The quantitative estimate of drug-likeness (QED) is 0.516. The van der Waals surface area contributed by atoms with E-state index in [2.05, 4.69) is 22.6 Å². The molecule has 6 heteroatoms. The average molecular weight is 462 g/mol. The first-order valence-electron chi connectivity index (χ1n) is 8.36. The molecule has 2 aromatic carbocycles. The van der Waals surface area contributed by atoms with Crippen LogP contribution in [0.4, 0.5) is 5.69 Å². The van der Waals surface area contributed by atoms with Gasteiger partial charge in [-0.25, -0.2) is 4.90 Å². The third-order valence-corrected chi connectivity index (χ3v) is 5.33. The smallest absolute Gasteiger partial charge is 0.257 e. The first-order valence-corrected chi connectivity index (χ1v) is 9.44.